The molecular weight excluding hydrogens is 392 g/mol. The molecule has 146 valence electrons. The van der Waals surface area contributed by atoms with E-state index in [-0.39, 0.29) is 11.2 Å². The number of nitrogens with one attached hydrogen (secondary N) is 1. The molecule has 0 saturated heterocycles. The summed E-state index contributed by atoms with van der Waals surface area (Å²) in [5.74, 6) is 0.375. The zero-order valence-electron chi connectivity index (χ0n) is 16.3. The third kappa shape index (κ3) is 4.75. The van der Waals surface area contributed by atoms with E-state index in [1.54, 1.807) is 6.33 Å². The lowest BCUT2D eigenvalue weighted by Gasteiger charge is -2.13. The van der Waals surface area contributed by atoms with Gasteiger partial charge in [-0.05, 0) is 55.2 Å². The molecule has 0 radical (unpaired) electrons. The van der Waals surface area contributed by atoms with Crippen LogP contribution in [0.4, 0.5) is 5.69 Å². The molecule has 7 heteroatoms. The molecule has 1 aromatic heterocycles. The van der Waals surface area contributed by atoms with Crippen molar-refractivity contribution in [3.05, 3.63) is 64.9 Å². The van der Waals surface area contributed by atoms with Crippen LogP contribution in [0.25, 0.3) is 5.69 Å². The third-order valence-corrected chi connectivity index (χ3v) is 5.91. The molecule has 3 rings (SSSR count). The highest BCUT2D eigenvalue weighted by Crippen LogP contribution is 2.27. The van der Waals surface area contributed by atoms with Crippen LogP contribution in [0.3, 0.4) is 0 Å². The van der Waals surface area contributed by atoms with Crippen molar-refractivity contribution in [2.45, 2.75) is 44.0 Å². The lowest BCUT2D eigenvalue weighted by atomic mass is 10.0. The molecule has 0 bridgehead atoms. The Morgan fingerprint density at radius 1 is 1.14 bits per heavy atom. The van der Waals surface area contributed by atoms with Gasteiger partial charge in [0.2, 0.25) is 5.91 Å². The first kappa shape index (κ1) is 20.4. The summed E-state index contributed by atoms with van der Waals surface area (Å²) in [5.41, 5.74) is 3.89. The van der Waals surface area contributed by atoms with E-state index < -0.39 is 0 Å². The van der Waals surface area contributed by atoms with E-state index in [9.17, 15) is 4.79 Å². The van der Waals surface area contributed by atoms with Crippen LogP contribution in [-0.2, 0) is 4.79 Å². The molecule has 1 heterocycles. The molecule has 1 amide bonds. The topological polar surface area (TPSA) is 59.8 Å². The predicted octanol–water partition coefficient (Wildman–Crippen LogP) is 5.47. The first-order chi connectivity index (χ1) is 13.3. The normalized spacial score (nSPS) is 12.2. The number of amides is 1. The summed E-state index contributed by atoms with van der Waals surface area (Å²) in [6.45, 7) is 8.09. The Labute approximate surface area is 174 Å². The lowest BCUT2D eigenvalue weighted by Crippen LogP contribution is -2.22. The Balaban J connectivity index is 1.69. The number of benzene rings is 2. The van der Waals surface area contributed by atoms with Gasteiger partial charge in [-0.15, -0.1) is 10.2 Å². The Hall–Kier alpha value is -2.31. The quantitative estimate of drug-likeness (QED) is 0.543. The Kier molecular flexibility index (Phi) is 6.42. The minimum Gasteiger partial charge on any atom is -0.325 e. The van der Waals surface area contributed by atoms with Gasteiger partial charge in [0.25, 0.3) is 0 Å². The number of nitrogens with zero attached hydrogens (tertiary/aromatic N) is 3. The second-order valence-electron chi connectivity index (χ2n) is 6.94. The van der Waals surface area contributed by atoms with Gasteiger partial charge in [0.15, 0.2) is 5.16 Å². The maximum absolute atomic E-state index is 12.6. The van der Waals surface area contributed by atoms with Crippen molar-refractivity contribution in [1.29, 1.82) is 0 Å². The van der Waals surface area contributed by atoms with E-state index in [4.69, 9.17) is 11.6 Å². The van der Waals surface area contributed by atoms with Crippen molar-refractivity contribution in [2.75, 3.05) is 5.32 Å². The number of aromatic nitrogens is 3. The van der Waals surface area contributed by atoms with Crippen molar-refractivity contribution in [2.24, 2.45) is 0 Å². The number of halogens is 1. The minimum absolute atomic E-state index is 0.0845. The first-order valence-electron chi connectivity index (χ1n) is 9.09. The van der Waals surface area contributed by atoms with Crippen molar-refractivity contribution >= 4 is 35.0 Å². The van der Waals surface area contributed by atoms with Gasteiger partial charge in [-0.2, -0.15) is 0 Å². The third-order valence-electron chi connectivity index (χ3n) is 4.45. The number of aryl methyl sites for hydroxylation is 1. The van der Waals surface area contributed by atoms with Crippen molar-refractivity contribution in [1.82, 2.24) is 14.8 Å². The predicted molar refractivity (Wildman–Crippen MR) is 116 cm³/mol. The molecule has 0 aliphatic heterocycles. The standard InChI is InChI=1S/C21H23ClN4OS/c1-13(2)16-6-8-17(9-7-16)24-20(27)15(4)28-21-25-23-12-26(21)18-10-5-14(3)19(22)11-18/h5-13,15H,1-4H3,(H,24,27). The van der Waals surface area contributed by atoms with Crippen LogP contribution in [-0.4, -0.2) is 25.9 Å². The summed E-state index contributed by atoms with van der Waals surface area (Å²) in [6.07, 6.45) is 1.62. The minimum atomic E-state index is -0.339. The molecule has 28 heavy (non-hydrogen) atoms. The summed E-state index contributed by atoms with van der Waals surface area (Å²) >= 11 is 7.59. The average Bonchev–Trinajstić information content (AvgIpc) is 3.12. The van der Waals surface area contributed by atoms with Crippen LogP contribution in [0.5, 0.6) is 0 Å². The summed E-state index contributed by atoms with van der Waals surface area (Å²) in [4.78, 5) is 12.6. The average molecular weight is 415 g/mol. The summed E-state index contributed by atoms with van der Waals surface area (Å²) < 4.78 is 1.83. The smallest absolute Gasteiger partial charge is 0.237 e. The molecule has 0 fully saturated rings. The van der Waals surface area contributed by atoms with Crippen LogP contribution >= 0.6 is 23.4 Å². The fraction of sp³-hybridized carbons (Fsp3) is 0.286. The number of rotatable bonds is 6. The molecule has 5 nitrogen and oxygen atoms in total. The van der Waals surface area contributed by atoms with Crippen LogP contribution in [0.15, 0.2) is 53.9 Å². The van der Waals surface area contributed by atoms with Crippen molar-refractivity contribution in [3.63, 3.8) is 0 Å². The van der Waals surface area contributed by atoms with Gasteiger partial charge in [0, 0.05) is 10.7 Å². The van der Waals surface area contributed by atoms with Crippen LogP contribution in [0.2, 0.25) is 5.02 Å². The maximum atomic E-state index is 12.6. The summed E-state index contributed by atoms with van der Waals surface area (Å²) in [7, 11) is 0. The largest absolute Gasteiger partial charge is 0.325 e. The number of thioether (sulfide) groups is 1. The van der Waals surface area contributed by atoms with Gasteiger partial charge >= 0.3 is 0 Å². The zero-order chi connectivity index (χ0) is 20.3. The van der Waals surface area contributed by atoms with Crippen molar-refractivity contribution < 1.29 is 4.79 Å². The second kappa shape index (κ2) is 8.80. The Morgan fingerprint density at radius 2 is 1.86 bits per heavy atom. The molecule has 1 unspecified atom stereocenters. The molecule has 1 atom stereocenters. The number of carbonyl (C=O) groups excluding carboxylic acids is 1. The molecular formula is C21H23ClN4OS. The van der Waals surface area contributed by atoms with E-state index in [1.807, 2.05) is 60.9 Å². The van der Waals surface area contributed by atoms with Gasteiger partial charge in [0.1, 0.15) is 6.33 Å². The number of hydrogen-bond donors (Lipinski definition) is 1. The Morgan fingerprint density at radius 3 is 2.50 bits per heavy atom. The number of anilines is 1. The van der Waals surface area contributed by atoms with Crippen LogP contribution < -0.4 is 5.32 Å². The zero-order valence-corrected chi connectivity index (χ0v) is 17.9. The molecule has 2 aromatic carbocycles. The Bertz CT molecular complexity index is 969. The van der Waals surface area contributed by atoms with E-state index >= 15 is 0 Å². The van der Waals surface area contributed by atoms with E-state index in [0.717, 1.165) is 16.9 Å². The SMILES string of the molecule is Cc1ccc(-n2cnnc2SC(C)C(=O)Nc2ccc(C(C)C)cc2)cc1Cl. The summed E-state index contributed by atoms with van der Waals surface area (Å²) in [6, 6.07) is 13.7. The maximum Gasteiger partial charge on any atom is 0.237 e. The molecule has 0 spiro atoms. The van der Waals surface area contributed by atoms with Gasteiger partial charge in [0.05, 0.1) is 10.9 Å². The molecule has 1 N–H and O–H groups in total. The first-order valence-corrected chi connectivity index (χ1v) is 10.3. The molecule has 0 saturated carbocycles. The van der Waals surface area contributed by atoms with Gasteiger partial charge in [-0.25, -0.2) is 0 Å². The van der Waals surface area contributed by atoms with Gasteiger partial charge in [-0.3, -0.25) is 9.36 Å². The molecule has 0 aliphatic rings. The van der Waals surface area contributed by atoms with Gasteiger partial charge in [-0.1, -0.05) is 55.4 Å². The van der Waals surface area contributed by atoms with Crippen LogP contribution in [0, 0.1) is 6.92 Å². The number of carbonyl (C=O) groups is 1. The van der Waals surface area contributed by atoms with E-state index in [1.165, 1.54) is 17.3 Å². The fourth-order valence-electron chi connectivity index (χ4n) is 2.62. The highest BCUT2D eigenvalue weighted by molar-refractivity contribution is 8.00. The highest BCUT2D eigenvalue weighted by Gasteiger charge is 2.19. The summed E-state index contributed by atoms with van der Waals surface area (Å²) in [5, 5.41) is 12.1. The van der Waals surface area contributed by atoms with E-state index in [2.05, 4.69) is 29.4 Å². The van der Waals surface area contributed by atoms with E-state index in [0.29, 0.717) is 16.1 Å². The molecule has 3 aromatic rings. The van der Waals surface area contributed by atoms with Gasteiger partial charge < -0.3 is 5.32 Å². The van der Waals surface area contributed by atoms with Crippen molar-refractivity contribution in [3.8, 4) is 5.69 Å². The molecule has 0 aliphatic carbocycles. The monoisotopic (exact) mass is 414 g/mol. The lowest BCUT2D eigenvalue weighted by molar-refractivity contribution is -0.115. The fourth-order valence-corrected chi connectivity index (χ4v) is 3.64. The number of hydrogen-bond acceptors (Lipinski definition) is 4. The van der Waals surface area contributed by atoms with Crippen LogP contribution in [0.1, 0.15) is 37.8 Å². The highest BCUT2D eigenvalue weighted by atomic mass is 35.5. The second-order valence-corrected chi connectivity index (χ2v) is 8.66.